The molecular weight excluding hydrogens is 290 g/mol. The quantitative estimate of drug-likeness (QED) is 0.648. The lowest BCUT2D eigenvalue weighted by atomic mass is 10.1. The van der Waals surface area contributed by atoms with E-state index in [1.807, 2.05) is 13.2 Å². The minimum Gasteiger partial charge on any atom is -0.348 e. The van der Waals surface area contributed by atoms with E-state index in [4.69, 9.17) is 0 Å². The van der Waals surface area contributed by atoms with Crippen molar-refractivity contribution >= 4 is 23.4 Å². The summed E-state index contributed by atoms with van der Waals surface area (Å²) in [4.78, 5) is 21.4. The number of nitro benzene ring substituents is 1. The van der Waals surface area contributed by atoms with Crippen LogP contribution in [-0.4, -0.2) is 28.9 Å². The fourth-order valence-electron chi connectivity index (χ4n) is 1.60. The number of hydrogen-bond acceptors (Lipinski definition) is 4. The predicted molar refractivity (Wildman–Crippen MR) is 72.9 cm³/mol. The highest BCUT2D eigenvalue weighted by Gasteiger charge is 2.25. The number of nitrogens with one attached hydrogen (secondary N) is 1. The minimum atomic E-state index is -1.33. The van der Waals surface area contributed by atoms with Crippen molar-refractivity contribution in [2.24, 2.45) is 0 Å². The van der Waals surface area contributed by atoms with Crippen molar-refractivity contribution in [1.29, 1.82) is 0 Å². The first-order chi connectivity index (χ1) is 9.40. The molecule has 0 bridgehead atoms. The molecule has 0 aliphatic heterocycles. The van der Waals surface area contributed by atoms with Gasteiger partial charge < -0.3 is 5.32 Å². The van der Waals surface area contributed by atoms with Crippen LogP contribution in [0.4, 0.5) is 14.5 Å². The van der Waals surface area contributed by atoms with Crippen LogP contribution < -0.4 is 5.32 Å². The Balaban J connectivity index is 3.06. The lowest BCUT2D eigenvalue weighted by molar-refractivity contribution is -0.387. The van der Waals surface area contributed by atoms with E-state index in [-0.39, 0.29) is 6.04 Å². The molecule has 0 radical (unpaired) electrons. The average molecular weight is 304 g/mol. The van der Waals surface area contributed by atoms with E-state index in [0.717, 1.165) is 0 Å². The van der Waals surface area contributed by atoms with Crippen LogP contribution in [0.3, 0.4) is 0 Å². The summed E-state index contributed by atoms with van der Waals surface area (Å²) < 4.78 is 27.1. The van der Waals surface area contributed by atoms with E-state index < -0.39 is 33.7 Å². The van der Waals surface area contributed by atoms with Gasteiger partial charge in [-0.2, -0.15) is 16.2 Å². The molecule has 110 valence electrons. The molecule has 1 aromatic rings. The van der Waals surface area contributed by atoms with Crippen LogP contribution in [0.1, 0.15) is 23.7 Å². The van der Waals surface area contributed by atoms with Crippen LogP contribution in [0.2, 0.25) is 0 Å². The Hall–Kier alpha value is -1.70. The molecule has 1 amide bonds. The first-order valence-electron chi connectivity index (χ1n) is 5.83. The standard InChI is InChI=1S/C12H14F2N2O3S/c1-3-8(6-20-2)15-12(17)9-4-7(13)5-10(11(9)14)16(18)19/h4-5,8H,3,6H2,1-2H3,(H,15,17). The molecule has 5 nitrogen and oxygen atoms in total. The third-order valence-corrected chi connectivity index (χ3v) is 3.39. The van der Waals surface area contributed by atoms with Crippen molar-refractivity contribution < 1.29 is 18.5 Å². The monoisotopic (exact) mass is 304 g/mol. The van der Waals surface area contributed by atoms with Gasteiger partial charge in [0.1, 0.15) is 5.82 Å². The van der Waals surface area contributed by atoms with Gasteiger partial charge in [-0.1, -0.05) is 6.92 Å². The Labute approximate surface area is 118 Å². The predicted octanol–water partition coefficient (Wildman–Crippen LogP) is 2.74. The third kappa shape index (κ3) is 3.89. The summed E-state index contributed by atoms with van der Waals surface area (Å²) in [5, 5.41) is 13.1. The number of nitro groups is 1. The van der Waals surface area contributed by atoms with Crippen molar-refractivity contribution in [2.45, 2.75) is 19.4 Å². The molecule has 1 atom stereocenters. The number of carbonyl (C=O) groups is 1. The van der Waals surface area contributed by atoms with Gasteiger partial charge in [-0.15, -0.1) is 0 Å². The van der Waals surface area contributed by atoms with Crippen molar-refractivity contribution in [3.05, 3.63) is 39.4 Å². The number of benzene rings is 1. The van der Waals surface area contributed by atoms with Gasteiger partial charge in [0.25, 0.3) is 5.91 Å². The second-order valence-corrected chi connectivity index (χ2v) is 4.99. The van der Waals surface area contributed by atoms with Gasteiger partial charge in [-0.05, 0) is 18.7 Å². The summed E-state index contributed by atoms with van der Waals surface area (Å²) in [5.74, 6) is -2.60. The van der Waals surface area contributed by atoms with Gasteiger partial charge in [0.15, 0.2) is 0 Å². The molecule has 0 aliphatic carbocycles. The largest absolute Gasteiger partial charge is 0.348 e. The van der Waals surface area contributed by atoms with Crippen molar-refractivity contribution in [1.82, 2.24) is 5.32 Å². The molecule has 0 aliphatic rings. The van der Waals surface area contributed by atoms with Crippen LogP contribution in [0, 0.1) is 21.7 Å². The number of hydrogen-bond donors (Lipinski definition) is 1. The van der Waals surface area contributed by atoms with E-state index in [0.29, 0.717) is 24.3 Å². The summed E-state index contributed by atoms with van der Waals surface area (Å²) >= 11 is 1.50. The lowest BCUT2D eigenvalue weighted by Gasteiger charge is -2.15. The smallest absolute Gasteiger partial charge is 0.308 e. The van der Waals surface area contributed by atoms with Gasteiger partial charge in [-0.3, -0.25) is 14.9 Å². The maximum atomic E-state index is 13.8. The second kappa shape index (κ2) is 7.18. The SMILES string of the molecule is CCC(CSC)NC(=O)c1cc(F)cc([N+](=O)[O-])c1F. The molecule has 8 heteroatoms. The molecule has 20 heavy (non-hydrogen) atoms. The Morgan fingerprint density at radius 2 is 2.15 bits per heavy atom. The molecular formula is C12H14F2N2O3S. The number of rotatable bonds is 6. The molecule has 0 heterocycles. The van der Waals surface area contributed by atoms with Crippen molar-refractivity contribution in [3.63, 3.8) is 0 Å². The van der Waals surface area contributed by atoms with E-state index >= 15 is 0 Å². The number of carbonyl (C=O) groups excluding carboxylic acids is 1. The van der Waals surface area contributed by atoms with E-state index in [9.17, 15) is 23.7 Å². The molecule has 0 saturated heterocycles. The average Bonchev–Trinajstić information content (AvgIpc) is 2.39. The highest BCUT2D eigenvalue weighted by molar-refractivity contribution is 7.98. The van der Waals surface area contributed by atoms with E-state index in [1.165, 1.54) is 11.8 Å². The Morgan fingerprint density at radius 1 is 1.50 bits per heavy atom. The van der Waals surface area contributed by atoms with Gasteiger partial charge in [-0.25, -0.2) is 4.39 Å². The maximum Gasteiger partial charge on any atom is 0.308 e. The normalized spacial score (nSPS) is 12.0. The van der Waals surface area contributed by atoms with Gasteiger partial charge in [0, 0.05) is 11.8 Å². The van der Waals surface area contributed by atoms with Crippen LogP contribution in [-0.2, 0) is 0 Å². The number of nitrogens with zero attached hydrogens (tertiary/aromatic N) is 1. The van der Waals surface area contributed by atoms with Crippen LogP contribution in [0.25, 0.3) is 0 Å². The molecule has 1 rings (SSSR count). The summed E-state index contributed by atoms with van der Waals surface area (Å²) in [5.41, 5.74) is -1.70. The minimum absolute atomic E-state index is 0.209. The number of thioether (sulfide) groups is 1. The summed E-state index contributed by atoms with van der Waals surface area (Å²) in [6, 6.07) is 0.897. The third-order valence-electron chi connectivity index (χ3n) is 2.66. The molecule has 0 saturated carbocycles. The maximum absolute atomic E-state index is 13.8. The summed E-state index contributed by atoms with van der Waals surface area (Å²) in [6.45, 7) is 1.84. The second-order valence-electron chi connectivity index (χ2n) is 4.08. The van der Waals surface area contributed by atoms with Crippen LogP contribution in [0.5, 0.6) is 0 Å². The topological polar surface area (TPSA) is 72.2 Å². The van der Waals surface area contributed by atoms with E-state index in [1.54, 1.807) is 0 Å². The number of amides is 1. The van der Waals surface area contributed by atoms with Crippen LogP contribution >= 0.6 is 11.8 Å². The fourth-order valence-corrected chi connectivity index (χ4v) is 2.32. The van der Waals surface area contributed by atoms with Crippen molar-refractivity contribution in [3.8, 4) is 0 Å². The molecule has 0 aromatic heterocycles. The summed E-state index contributed by atoms with van der Waals surface area (Å²) in [6.07, 6.45) is 2.47. The van der Waals surface area contributed by atoms with Gasteiger partial charge >= 0.3 is 5.69 Å². The first-order valence-corrected chi connectivity index (χ1v) is 7.23. The summed E-state index contributed by atoms with van der Waals surface area (Å²) in [7, 11) is 0. The highest BCUT2D eigenvalue weighted by atomic mass is 32.2. The molecule has 1 N–H and O–H groups in total. The van der Waals surface area contributed by atoms with Crippen molar-refractivity contribution in [2.75, 3.05) is 12.0 Å². The van der Waals surface area contributed by atoms with Gasteiger partial charge in [0.2, 0.25) is 5.82 Å². The van der Waals surface area contributed by atoms with Crippen LogP contribution in [0.15, 0.2) is 12.1 Å². The fraction of sp³-hybridized carbons (Fsp3) is 0.417. The first kappa shape index (κ1) is 16.4. The van der Waals surface area contributed by atoms with Gasteiger partial charge in [0.05, 0.1) is 16.6 Å². The lowest BCUT2D eigenvalue weighted by Crippen LogP contribution is -2.36. The Bertz CT molecular complexity index is 526. The number of halogens is 2. The molecule has 1 unspecified atom stereocenters. The zero-order valence-corrected chi connectivity index (χ0v) is 11.8. The zero-order valence-electron chi connectivity index (χ0n) is 11.0. The molecule has 1 aromatic carbocycles. The molecule has 0 spiro atoms. The van der Waals surface area contributed by atoms with E-state index in [2.05, 4.69) is 5.32 Å². The Morgan fingerprint density at radius 3 is 2.65 bits per heavy atom. The highest BCUT2D eigenvalue weighted by Crippen LogP contribution is 2.22. The Kier molecular flexibility index (Phi) is 5.87. The molecule has 0 fully saturated rings. The zero-order chi connectivity index (χ0) is 15.3.